The highest BCUT2D eigenvalue weighted by Crippen LogP contribution is 2.34. The van der Waals surface area contributed by atoms with E-state index in [0.29, 0.717) is 21.4 Å². The molecule has 0 saturated heterocycles. The Morgan fingerprint density at radius 2 is 1.44 bits per heavy atom. The van der Waals surface area contributed by atoms with Gasteiger partial charge >= 0.3 is 0 Å². The van der Waals surface area contributed by atoms with E-state index in [9.17, 15) is 18.0 Å². The van der Waals surface area contributed by atoms with Crippen molar-refractivity contribution in [3.63, 3.8) is 0 Å². The van der Waals surface area contributed by atoms with E-state index in [0.717, 1.165) is 42.0 Å². The third-order valence-electron chi connectivity index (χ3n) is 8.88. The van der Waals surface area contributed by atoms with Gasteiger partial charge in [-0.1, -0.05) is 97.1 Å². The number of methoxy groups -OCH3 is 2. The van der Waals surface area contributed by atoms with Crippen LogP contribution in [0.15, 0.2) is 102 Å². The third kappa shape index (κ3) is 8.91. The van der Waals surface area contributed by atoms with Gasteiger partial charge in [-0.3, -0.25) is 13.9 Å². The minimum absolute atomic E-state index is 0.0147. The molecule has 0 spiro atoms. The maximum atomic E-state index is 14.8. The number of rotatable bonds is 14. The Labute approximate surface area is 304 Å². The maximum absolute atomic E-state index is 14.8. The number of hydrogen-bond donors (Lipinski definition) is 1. The van der Waals surface area contributed by atoms with Crippen molar-refractivity contribution < 1.29 is 27.5 Å². The molecule has 12 heteroatoms. The Kier molecular flexibility index (Phi) is 12.7. The van der Waals surface area contributed by atoms with Crippen LogP contribution in [0.5, 0.6) is 11.5 Å². The van der Waals surface area contributed by atoms with Crippen LogP contribution in [0.25, 0.3) is 0 Å². The number of nitrogens with one attached hydrogen (secondary N) is 1. The van der Waals surface area contributed by atoms with Gasteiger partial charge in [0, 0.05) is 40.7 Å². The zero-order chi connectivity index (χ0) is 35.7. The molecule has 9 nitrogen and oxygen atoms in total. The second kappa shape index (κ2) is 17.1. The average molecular weight is 739 g/mol. The van der Waals surface area contributed by atoms with Crippen molar-refractivity contribution >= 4 is 50.7 Å². The van der Waals surface area contributed by atoms with Crippen molar-refractivity contribution in [1.29, 1.82) is 0 Å². The predicted molar refractivity (Wildman–Crippen MR) is 196 cm³/mol. The summed E-state index contributed by atoms with van der Waals surface area (Å²) in [6.45, 7) is -0.783. The van der Waals surface area contributed by atoms with Gasteiger partial charge in [0.1, 0.15) is 12.6 Å². The van der Waals surface area contributed by atoms with Crippen molar-refractivity contribution in [2.45, 2.75) is 62.0 Å². The molecule has 264 valence electrons. The molecule has 0 aromatic heterocycles. The van der Waals surface area contributed by atoms with Gasteiger partial charge in [-0.2, -0.15) is 0 Å². The van der Waals surface area contributed by atoms with E-state index in [4.69, 9.17) is 32.7 Å². The predicted octanol–water partition coefficient (Wildman–Crippen LogP) is 7.29. The molecule has 1 aliphatic rings. The summed E-state index contributed by atoms with van der Waals surface area (Å²) in [4.78, 5) is 30.5. The molecular formula is C38H41Cl2N3O6S. The maximum Gasteiger partial charge on any atom is 0.264 e. The molecule has 1 atom stereocenters. The van der Waals surface area contributed by atoms with E-state index in [1.807, 2.05) is 30.3 Å². The fraction of sp³-hybridized carbons (Fsp3) is 0.316. The number of hydrogen-bond acceptors (Lipinski definition) is 6. The summed E-state index contributed by atoms with van der Waals surface area (Å²) in [5.74, 6) is -0.299. The largest absolute Gasteiger partial charge is 0.493 e. The molecule has 50 heavy (non-hydrogen) atoms. The minimum atomic E-state index is -4.31. The Morgan fingerprint density at radius 1 is 0.820 bits per heavy atom. The summed E-state index contributed by atoms with van der Waals surface area (Å²) in [6, 6.07) is 25.8. The number of benzene rings is 4. The SMILES string of the molecule is COc1ccc(N(CC(=O)N(Cc2c(Cl)cccc2Cl)[C@H](Cc2ccccc2)C(=O)NC2CCCCC2)S(=O)(=O)c2ccccc2)cc1OC. The summed E-state index contributed by atoms with van der Waals surface area (Å²) in [7, 11) is -1.39. The lowest BCUT2D eigenvalue weighted by atomic mass is 9.94. The molecule has 4 aromatic rings. The molecule has 2 amide bonds. The fourth-order valence-corrected chi connectivity index (χ4v) is 8.12. The van der Waals surface area contributed by atoms with E-state index < -0.39 is 28.5 Å². The van der Waals surface area contributed by atoms with Gasteiger partial charge in [0.2, 0.25) is 11.8 Å². The highest BCUT2D eigenvalue weighted by molar-refractivity contribution is 7.92. The Bertz CT molecular complexity index is 1850. The first kappa shape index (κ1) is 37.0. The zero-order valence-electron chi connectivity index (χ0n) is 28.1. The third-order valence-corrected chi connectivity index (χ3v) is 11.4. The zero-order valence-corrected chi connectivity index (χ0v) is 30.4. The fourth-order valence-electron chi connectivity index (χ4n) is 6.18. The van der Waals surface area contributed by atoms with Crippen LogP contribution < -0.4 is 19.1 Å². The van der Waals surface area contributed by atoms with Gasteiger partial charge in [-0.25, -0.2) is 8.42 Å². The molecule has 4 aromatic carbocycles. The van der Waals surface area contributed by atoms with Gasteiger partial charge in [0.15, 0.2) is 11.5 Å². The van der Waals surface area contributed by atoms with Crippen LogP contribution in [0.1, 0.15) is 43.2 Å². The number of amides is 2. The first-order valence-electron chi connectivity index (χ1n) is 16.5. The van der Waals surface area contributed by atoms with E-state index in [1.165, 1.54) is 37.3 Å². The van der Waals surface area contributed by atoms with Gasteiger partial charge in [-0.05, 0) is 54.8 Å². The molecule has 1 aliphatic carbocycles. The van der Waals surface area contributed by atoms with Crippen molar-refractivity contribution in [2.24, 2.45) is 0 Å². The van der Waals surface area contributed by atoms with Crippen molar-refractivity contribution in [2.75, 3.05) is 25.1 Å². The number of anilines is 1. The topological polar surface area (TPSA) is 105 Å². The molecular weight excluding hydrogens is 697 g/mol. The van der Waals surface area contributed by atoms with Crippen molar-refractivity contribution in [1.82, 2.24) is 10.2 Å². The normalized spacial score (nSPS) is 14.0. The second-order valence-electron chi connectivity index (χ2n) is 12.1. The quantitative estimate of drug-likeness (QED) is 0.146. The first-order chi connectivity index (χ1) is 24.1. The summed E-state index contributed by atoms with van der Waals surface area (Å²) >= 11 is 13.3. The Balaban J connectivity index is 1.61. The van der Waals surface area contributed by atoms with Crippen LogP contribution in [0.4, 0.5) is 5.69 Å². The van der Waals surface area contributed by atoms with Gasteiger partial charge in [0.25, 0.3) is 10.0 Å². The number of carbonyl (C=O) groups is 2. The molecule has 1 fully saturated rings. The molecule has 0 radical (unpaired) electrons. The molecule has 0 aliphatic heterocycles. The van der Waals surface area contributed by atoms with Crippen molar-refractivity contribution in [3.05, 3.63) is 118 Å². The van der Waals surface area contributed by atoms with Crippen LogP contribution in [-0.4, -0.2) is 58.0 Å². The molecule has 0 heterocycles. The summed E-state index contributed by atoms with van der Waals surface area (Å²) < 4.78 is 40.6. The lowest BCUT2D eigenvalue weighted by molar-refractivity contribution is -0.140. The molecule has 0 unspecified atom stereocenters. The minimum Gasteiger partial charge on any atom is -0.493 e. The standard InChI is InChI=1S/C38H41Cl2N3O6S/c1-48-35-22-21-29(24-36(35)49-2)43(50(46,47)30-17-10-5-11-18-30)26-37(44)42(25-31-32(39)19-12-20-33(31)40)34(23-27-13-6-3-7-14-27)38(45)41-28-15-8-4-9-16-28/h3,5-7,10-14,17-22,24,28,34H,4,8-9,15-16,23,25-26H2,1-2H3,(H,41,45)/t34-/m1/s1. The van der Waals surface area contributed by atoms with Crippen LogP contribution in [0.2, 0.25) is 10.0 Å². The van der Waals surface area contributed by atoms with Gasteiger partial charge in [0.05, 0.1) is 24.8 Å². The van der Waals surface area contributed by atoms with Crippen LogP contribution >= 0.6 is 23.2 Å². The van der Waals surface area contributed by atoms with Gasteiger partial charge in [-0.15, -0.1) is 0 Å². The van der Waals surface area contributed by atoms with Crippen LogP contribution in [0.3, 0.4) is 0 Å². The number of halogens is 2. The lowest BCUT2D eigenvalue weighted by Gasteiger charge is -2.35. The van der Waals surface area contributed by atoms with Crippen LogP contribution in [0, 0.1) is 0 Å². The number of nitrogens with zero attached hydrogens (tertiary/aromatic N) is 2. The van der Waals surface area contributed by atoms with E-state index in [-0.39, 0.29) is 41.2 Å². The highest BCUT2D eigenvalue weighted by atomic mass is 35.5. The Morgan fingerprint density at radius 3 is 2.06 bits per heavy atom. The smallest absolute Gasteiger partial charge is 0.264 e. The average Bonchev–Trinajstić information content (AvgIpc) is 3.13. The van der Waals surface area contributed by atoms with E-state index in [1.54, 1.807) is 48.5 Å². The summed E-state index contributed by atoms with van der Waals surface area (Å²) in [5, 5.41) is 3.83. The molecule has 1 saturated carbocycles. The number of ether oxygens (including phenoxy) is 2. The highest BCUT2D eigenvalue weighted by Gasteiger charge is 2.36. The molecule has 1 N–H and O–H groups in total. The van der Waals surface area contributed by atoms with E-state index >= 15 is 0 Å². The number of carbonyl (C=O) groups excluding carboxylic acids is 2. The first-order valence-corrected chi connectivity index (χ1v) is 18.7. The summed E-state index contributed by atoms with van der Waals surface area (Å²) in [6.07, 6.45) is 4.98. The number of sulfonamides is 1. The molecule has 0 bridgehead atoms. The lowest BCUT2D eigenvalue weighted by Crippen LogP contribution is -2.55. The summed E-state index contributed by atoms with van der Waals surface area (Å²) in [5.41, 5.74) is 1.44. The van der Waals surface area contributed by atoms with E-state index in [2.05, 4.69) is 5.32 Å². The molecule has 5 rings (SSSR count). The van der Waals surface area contributed by atoms with Crippen molar-refractivity contribution in [3.8, 4) is 11.5 Å². The monoisotopic (exact) mass is 737 g/mol. The second-order valence-corrected chi connectivity index (χ2v) is 14.8. The van der Waals surface area contributed by atoms with Crippen LogP contribution in [-0.2, 0) is 32.6 Å². The van der Waals surface area contributed by atoms with Gasteiger partial charge < -0.3 is 19.7 Å². The Hall–Kier alpha value is -4.25.